The van der Waals surface area contributed by atoms with Gasteiger partial charge in [0.1, 0.15) is 0 Å². The van der Waals surface area contributed by atoms with E-state index in [2.05, 4.69) is 10.6 Å². The summed E-state index contributed by atoms with van der Waals surface area (Å²) in [6.07, 6.45) is 1.63. The van der Waals surface area contributed by atoms with Crippen LogP contribution in [-0.4, -0.2) is 24.1 Å². The number of carbonyl (C=O) groups excluding carboxylic acids is 1. The SMILES string of the molecule is CNCC(C)C(=O)Nc1ccc(=O)n(Cc2ccccc2Cl)c1. The lowest BCUT2D eigenvalue weighted by molar-refractivity contribution is -0.119. The van der Waals surface area contributed by atoms with E-state index in [-0.39, 0.29) is 17.4 Å². The molecule has 0 radical (unpaired) electrons. The largest absolute Gasteiger partial charge is 0.325 e. The fourth-order valence-electron chi connectivity index (χ4n) is 2.20. The molecule has 0 saturated heterocycles. The molecule has 23 heavy (non-hydrogen) atoms. The molecule has 2 rings (SSSR count). The highest BCUT2D eigenvalue weighted by Gasteiger charge is 2.12. The molecule has 1 unspecified atom stereocenters. The first-order chi connectivity index (χ1) is 11.0. The second kappa shape index (κ2) is 7.94. The van der Waals surface area contributed by atoms with Crippen LogP contribution in [0.4, 0.5) is 5.69 Å². The highest BCUT2D eigenvalue weighted by Crippen LogP contribution is 2.16. The van der Waals surface area contributed by atoms with Gasteiger partial charge in [0.15, 0.2) is 0 Å². The van der Waals surface area contributed by atoms with Crippen molar-refractivity contribution in [1.82, 2.24) is 9.88 Å². The van der Waals surface area contributed by atoms with Crippen LogP contribution in [0.5, 0.6) is 0 Å². The highest BCUT2D eigenvalue weighted by atomic mass is 35.5. The van der Waals surface area contributed by atoms with Crippen molar-refractivity contribution in [2.24, 2.45) is 5.92 Å². The molecule has 6 heteroatoms. The first-order valence-electron chi connectivity index (χ1n) is 7.40. The van der Waals surface area contributed by atoms with Crippen LogP contribution < -0.4 is 16.2 Å². The Kier molecular flexibility index (Phi) is 5.96. The molecule has 122 valence electrons. The average Bonchev–Trinajstić information content (AvgIpc) is 2.53. The number of pyridine rings is 1. The first-order valence-corrected chi connectivity index (χ1v) is 7.78. The molecule has 0 aliphatic carbocycles. The monoisotopic (exact) mass is 333 g/mol. The zero-order chi connectivity index (χ0) is 16.8. The molecule has 0 aliphatic rings. The second-order valence-corrected chi connectivity index (χ2v) is 5.83. The van der Waals surface area contributed by atoms with E-state index < -0.39 is 0 Å². The average molecular weight is 334 g/mol. The third kappa shape index (κ3) is 4.68. The van der Waals surface area contributed by atoms with Crippen LogP contribution in [0.1, 0.15) is 12.5 Å². The predicted molar refractivity (Wildman–Crippen MR) is 93.0 cm³/mol. The summed E-state index contributed by atoms with van der Waals surface area (Å²) >= 11 is 6.13. The van der Waals surface area contributed by atoms with Crippen molar-refractivity contribution in [2.75, 3.05) is 18.9 Å². The zero-order valence-corrected chi connectivity index (χ0v) is 13.9. The van der Waals surface area contributed by atoms with Gasteiger partial charge in [-0.25, -0.2) is 0 Å². The van der Waals surface area contributed by atoms with Crippen LogP contribution in [0.3, 0.4) is 0 Å². The summed E-state index contributed by atoms with van der Waals surface area (Å²) in [5.41, 5.74) is 1.29. The van der Waals surface area contributed by atoms with Gasteiger partial charge < -0.3 is 15.2 Å². The summed E-state index contributed by atoms with van der Waals surface area (Å²) in [4.78, 5) is 24.1. The van der Waals surface area contributed by atoms with Crippen LogP contribution in [-0.2, 0) is 11.3 Å². The van der Waals surface area contributed by atoms with E-state index in [0.717, 1.165) is 5.56 Å². The van der Waals surface area contributed by atoms with Crippen LogP contribution >= 0.6 is 11.6 Å². The Bertz CT molecular complexity index is 743. The van der Waals surface area contributed by atoms with Gasteiger partial charge in [0, 0.05) is 29.7 Å². The molecule has 2 aromatic rings. The fourth-order valence-corrected chi connectivity index (χ4v) is 2.40. The van der Waals surface area contributed by atoms with Crippen molar-refractivity contribution in [1.29, 1.82) is 0 Å². The maximum Gasteiger partial charge on any atom is 0.250 e. The summed E-state index contributed by atoms with van der Waals surface area (Å²) in [5.74, 6) is -0.258. The molecule has 1 aromatic heterocycles. The predicted octanol–water partition coefficient (Wildman–Crippen LogP) is 2.34. The van der Waals surface area contributed by atoms with Gasteiger partial charge in [0.05, 0.1) is 12.2 Å². The molecular weight excluding hydrogens is 314 g/mol. The number of rotatable bonds is 6. The topological polar surface area (TPSA) is 63.1 Å². The lowest BCUT2D eigenvalue weighted by Crippen LogP contribution is -2.29. The molecule has 0 saturated carbocycles. The summed E-state index contributed by atoms with van der Waals surface area (Å²) in [6.45, 7) is 2.78. The van der Waals surface area contributed by atoms with Gasteiger partial charge in [-0.1, -0.05) is 36.7 Å². The standard InChI is InChI=1S/C17H20ClN3O2/c1-12(9-19-2)17(23)20-14-7-8-16(22)21(11-14)10-13-5-3-4-6-15(13)18/h3-8,11-12,19H,9-10H2,1-2H3,(H,20,23). The number of carbonyl (C=O) groups is 1. The number of nitrogens with zero attached hydrogens (tertiary/aromatic N) is 1. The van der Waals surface area contributed by atoms with Crippen molar-refractivity contribution in [3.63, 3.8) is 0 Å². The van der Waals surface area contributed by atoms with E-state index in [1.807, 2.05) is 25.1 Å². The molecule has 0 fully saturated rings. The van der Waals surface area contributed by atoms with E-state index in [0.29, 0.717) is 23.8 Å². The van der Waals surface area contributed by atoms with Gasteiger partial charge in [0.25, 0.3) is 5.56 Å². The van der Waals surface area contributed by atoms with Crippen molar-refractivity contribution in [3.05, 3.63) is 63.5 Å². The zero-order valence-electron chi connectivity index (χ0n) is 13.2. The van der Waals surface area contributed by atoms with Crippen LogP contribution in [0.25, 0.3) is 0 Å². The van der Waals surface area contributed by atoms with E-state index >= 15 is 0 Å². The molecule has 2 N–H and O–H groups in total. The lowest BCUT2D eigenvalue weighted by atomic mass is 10.1. The smallest absolute Gasteiger partial charge is 0.250 e. The fraction of sp³-hybridized carbons (Fsp3) is 0.294. The van der Waals surface area contributed by atoms with E-state index in [1.165, 1.54) is 10.6 Å². The Hall–Kier alpha value is -2.11. The van der Waals surface area contributed by atoms with Crippen molar-refractivity contribution < 1.29 is 4.79 Å². The third-order valence-electron chi connectivity index (χ3n) is 3.51. The minimum absolute atomic E-state index is 0.0951. The molecule has 5 nitrogen and oxygen atoms in total. The summed E-state index contributed by atoms with van der Waals surface area (Å²) in [6, 6.07) is 10.4. The van der Waals surface area contributed by atoms with E-state index in [4.69, 9.17) is 11.6 Å². The van der Waals surface area contributed by atoms with Crippen molar-refractivity contribution in [3.8, 4) is 0 Å². The van der Waals surface area contributed by atoms with Gasteiger partial charge >= 0.3 is 0 Å². The summed E-state index contributed by atoms with van der Waals surface area (Å²) in [7, 11) is 1.80. The molecule has 1 amide bonds. The van der Waals surface area contributed by atoms with Gasteiger partial charge in [-0.2, -0.15) is 0 Å². The van der Waals surface area contributed by atoms with E-state index in [9.17, 15) is 9.59 Å². The minimum atomic E-state index is -0.163. The number of halogens is 1. The minimum Gasteiger partial charge on any atom is -0.325 e. The Morgan fingerprint density at radius 1 is 1.26 bits per heavy atom. The number of amides is 1. The number of benzene rings is 1. The number of hydrogen-bond acceptors (Lipinski definition) is 3. The highest BCUT2D eigenvalue weighted by molar-refractivity contribution is 6.31. The second-order valence-electron chi connectivity index (χ2n) is 5.42. The van der Waals surface area contributed by atoms with E-state index in [1.54, 1.807) is 25.4 Å². The third-order valence-corrected chi connectivity index (χ3v) is 3.88. The van der Waals surface area contributed by atoms with Crippen LogP contribution in [0, 0.1) is 5.92 Å². The Morgan fingerprint density at radius 2 is 2.00 bits per heavy atom. The number of nitrogens with one attached hydrogen (secondary N) is 2. The van der Waals surface area contributed by atoms with Crippen LogP contribution in [0.2, 0.25) is 5.02 Å². The Labute approximate surface area is 140 Å². The number of hydrogen-bond donors (Lipinski definition) is 2. The number of anilines is 1. The molecule has 0 spiro atoms. The normalized spacial score (nSPS) is 12.0. The molecule has 1 aromatic carbocycles. The summed E-state index contributed by atoms with van der Waals surface area (Å²) < 4.78 is 1.53. The first kappa shape index (κ1) is 17.2. The van der Waals surface area contributed by atoms with Gasteiger partial charge in [0.2, 0.25) is 5.91 Å². The van der Waals surface area contributed by atoms with Crippen molar-refractivity contribution in [2.45, 2.75) is 13.5 Å². The maximum atomic E-state index is 12.1. The molecular formula is C17H20ClN3O2. The quantitative estimate of drug-likeness (QED) is 0.853. The van der Waals surface area contributed by atoms with Gasteiger partial charge in [-0.3, -0.25) is 9.59 Å². The van der Waals surface area contributed by atoms with Gasteiger partial charge in [-0.15, -0.1) is 0 Å². The maximum absolute atomic E-state index is 12.1. The molecule has 1 atom stereocenters. The molecule has 0 bridgehead atoms. The Balaban J connectivity index is 2.18. The van der Waals surface area contributed by atoms with Gasteiger partial charge in [-0.05, 0) is 24.7 Å². The number of aromatic nitrogens is 1. The molecule has 0 aliphatic heterocycles. The van der Waals surface area contributed by atoms with Crippen molar-refractivity contribution >= 4 is 23.2 Å². The molecule has 1 heterocycles. The summed E-state index contributed by atoms with van der Waals surface area (Å²) in [5, 5.41) is 6.39. The van der Waals surface area contributed by atoms with Crippen LogP contribution in [0.15, 0.2) is 47.4 Å². The Morgan fingerprint density at radius 3 is 2.70 bits per heavy atom. The lowest BCUT2D eigenvalue weighted by Gasteiger charge is -2.13.